The molecule has 2 rings (SSSR count). The minimum Gasteiger partial charge on any atom is -0.184 e. The molecule has 1 aromatic heterocycles. The van der Waals surface area contributed by atoms with Gasteiger partial charge in [0.05, 0.1) is 12.2 Å². The molecule has 0 radical (unpaired) electrons. The second-order valence-electron chi connectivity index (χ2n) is 4.60. The first-order chi connectivity index (χ1) is 8.72. The summed E-state index contributed by atoms with van der Waals surface area (Å²) in [6.45, 7) is 6.42. The maximum absolute atomic E-state index is 4.34. The smallest absolute Gasteiger partial charge is 0.184 e. The van der Waals surface area contributed by atoms with E-state index in [4.69, 9.17) is 0 Å². The standard InChI is InChI=1S/C14H18N4/c1-4-10(2)11(3)16-18-14-13-8-6-5-7-12(13)9-15-17-14/h5-11H,4H2,1-3H3. The quantitative estimate of drug-likeness (QED) is 0.756. The maximum Gasteiger partial charge on any atom is 0.203 e. The Morgan fingerprint density at radius 1 is 1.22 bits per heavy atom. The average Bonchev–Trinajstić information content (AvgIpc) is 2.43. The Kier molecular flexibility index (Phi) is 3.97. The van der Waals surface area contributed by atoms with Crippen LogP contribution in [0.1, 0.15) is 27.2 Å². The summed E-state index contributed by atoms with van der Waals surface area (Å²) in [4.78, 5) is 0. The van der Waals surface area contributed by atoms with E-state index in [0.717, 1.165) is 17.2 Å². The summed E-state index contributed by atoms with van der Waals surface area (Å²) in [5, 5.41) is 18.6. The van der Waals surface area contributed by atoms with Gasteiger partial charge in [-0.2, -0.15) is 10.2 Å². The molecule has 0 N–H and O–H groups in total. The molecule has 4 nitrogen and oxygen atoms in total. The number of nitrogens with zero attached hydrogens (tertiary/aromatic N) is 4. The summed E-state index contributed by atoms with van der Waals surface area (Å²) >= 11 is 0. The molecule has 0 fully saturated rings. The lowest BCUT2D eigenvalue weighted by atomic mass is 10.0. The van der Waals surface area contributed by atoms with E-state index in [1.165, 1.54) is 0 Å². The van der Waals surface area contributed by atoms with Gasteiger partial charge < -0.3 is 0 Å². The molecule has 18 heavy (non-hydrogen) atoms. The molecule has 0 bridgehead atoms. The number of hydrogen-bond acceptors (Lipinski definition) is 4. The first-order valence-corrected chi connectivity index (χ1v) is 6.33. The number of azo groups is 1. The number of hydrogen-bond donors (Lipinski definition) is 0. The van der Waals surface area contributed by atoms with E-state index in [-0.39, 0.29) is 6.04 Å². The lowest BCUT2D eigenvalue weighted by molar-refractivity contribution is 0.458. The van der Waals surface area contributed by atoms with Crippen molar-refractivity contribution in [2.45, 2.75) is 33.2 Å². The van der Waals surface area contributed by atoms with Gasteiger partial charge in [-0.25, -0.2) is 0 Å². The molecule has 0 saturated carbocycles. The molecule has 0 spiro atoms. The van der Waals surface area contributed by atoms with Crippen molar-refractivity contribution in [2.75, 3.05) is 0 Å². The molecule has 0 aliphatic heterocycles. The minimum absolute atomic E-state index is 0.204. The van der Waals surface area contributed by atoms with E-state index in [0.29, 0.717) is 11.7 Å². The molecule has 1 heterocycles. The topological polar surface area (TPSA) is 50.5 Å². The Morgan fingerprint density at radius 2 is 2.00 bits per heavy atom. The largest absolute Gasteiger partial charge is 0.203 e. The fourth-order valence-electron chi connectivity index (χ4n) is 1.69. The second kappa shape index (κ2) is 5.67. The van der Waals surface area contributed by atoms with E-state index in [9.17, 15) is 0 Å². The molecule has 0 saturated heterocycles. The Hall–Kier alpha value is -1.84. The van der Waals surface area contributed by atoms with Gasteiger partial charge in [0.1, 0.15) is 0 Å². The van der Waals surface area contributed by atoms with Crippen molar-refractivity contribution >= 4 is 16.6 Å². The van der Waals surface area contributed by atoms with Crippen molar-refractivity contribution in [1.29, 1.82) is 0 Å². The SMILES string of the molecule is CCC(C)C(C)N=Nc1nncc2ccccc12. The van der Waals surface area contributed by atoms with Crippen LogP contribution < -0.4 is 0 Å². The first kappa shape index (κ1) is 12.6. The zero-order valence-corrected chi connectivity index (χ0v) is 11.0. The lowest BCUT2D eigenvalue weighted by Gasteiger charge is -2.11. The van der Waals surface area contributed by atoms with Crippen molar-refractivity contribution in [1.82, 2.24) is 10.2 Å². The first-order valence-electron chi connectivity index (χ1n) is 6.33. The summed E-state index contributed by atoms with van der Waals surface area (Å²) in [6.07, 6.45) is 2.84. The predicted molar refractivity (Wildman–Crippen MR) is 73.0 cm³/mol. The molecule has 94 valence electrons. The molecule has 0 amide bonds. The zero-order chi connectivity index (χ0) is 13.0. The predicted octanol–water partition coefficient (Wildman–Crippen LogP) is 4.15. The van der Waals surface area contributed by atoms with Gasteiger partial charge in [0.25, 0.3) is 0 Å². The van der Waals surface area contributed by atoms with Crippen LogP contribution in [0.25, 0.3) is 10.8 Å². The highest BCUT2D eigenvalue weighted by atomic mass is 15.2. The monoisotopic (exact) mass is 242 g/mol. The molecule has 1 aromatic carbocycles. The third-order valence-electron chi connectivity index (χ3n) is 3.35. The summed E-state index contributed by atoms with van der Waals surface area (Å²) in [5.41, 5.74) is 0. The van der Waals surface area contributed by atoms with Gasteiger partial charge in [-0.05, 0) is 12.8 Å². The number of fused-ring (bicyclic) bond motifs is 1. The number of aromatic nitrogens is 2. The van der Waals surface area contributed by atoms with Crippen LogP contribution in [0.15, 0.2) is 40.7 Å². The summed E-state index contributed by atoms with van der Waals surface area (Å²) in [5.74, 6) is 1.12. The average molecular weight is 242 g/mol. The lowest BCUT2D eigenvalue weighted by Crippen LogP contribution is -2.09. The van der Waals surface area contributed by atoms with Crippen LogP contribution in [0, 0.1) is 5.92 Å². The molecule has 2 atom stereocenters. The fraction of sp³-hybridized carbons (Fsp3) is 0.429. The van der Waals surface area contributed by atoms with Crippen molar-refractivity contribution in [2.24, 2.45) is 16.1 Å². The van der Waals surface area contributed by atoms with Crippen molar-refractivity contribution in [3.8, 4) is 0 Å². The highest BCUT2D eigenvalue weighted by Gasteiger charge is 2.09. The van der Waals surface area contributed by atoms with Crippen LogP contribution in [0.3, 0.4) is 0 Å². The normalized spacial score (nSPS) is 15.1. The molecule has 2 aromatic rings. The third kappa shape index (κ3) is 2.70. The van der Waals surface area contributed by atoms with Crippen LogP contribution in [0.2, 0.25) is 0 Å². The third-order valence-corrected chi connectivity index (χ3v) is 3.35. The Morgan fingerprint density at radius 3 is 2.78 bits per heavy atom. The van der Waals surface area contributed by atoms with E-state index in [2.05, 4.69) is 41.2 Å². The van der Waals surface area contributed by atoms with Crippen LogP contribution >= 0.6 is 0 Å². The number of rotatable bonds is 4. The van der Waals surface area contributed by atoms with E-state index in [1.807, 2.05) is 24.3 Å². The molecule has 4 heteroatoms. The molecular weight excluding hydrogens is 224 g/mol. The van der Waals surface area contributed by atoms with Crippen LogP contribution in [0.4, 0.5) is 5.82 Å². The van der Waals surface area contributed by atoms with Crippen molar-refractivity contribution < 1.29 is 0 Å². The van der Waals surface area contributed by atoms with Gasteiger partial charge >= 0.3 is 0 Å². The highest BCUT2D eigenvalue weighted by molar-refractivity contribution is 5.89. The molecule has 0 aliphatic rings. The molecule has 0 aliphatic carbocycles. The summed E-state index contributed by atoms with van der Waals surface area (Å²) in [6, 6.07) is 8.15. The molecular formula is C14H18N4. The minimum atomic E-state index is 0.204. The van der Waals surface area contributed by atoms with Crippen LogP contribution in [-0.4, -0.2) is 16.2 Å². The Bertz CT molecular complexity index is 545. The number of benzene rings is 1. The van der Waals surface area contributed by atoms with Gasteiger partial charge in [0.2, 0.25) is 5.82 Å². The van der Waals surface area contributed by atoms with Crippen LogP contribution in [-0.2, 0) is 0 Å². The highest BCUT2D eigenvalue weighted by Crippen LogP contribution is 2.23. The van der Waals surface area contributed by atoms with Crippen LogP contribution in [0.5, 0.6) is 0 Å². The van der Waals surface area contributed by atoms with Gasteiger partial charge in [0, 0.05) is 10.8 Å². The van der Waals surface area contributed by atoms with Crippen molar-refractivity contribution in [3.63, 3.8) is 0 Å². The Labute approximate surface area is 107 Å². The van der Waals surface area contributed by atoms with Gasteiger partial charge in [-0.3, -0.25) is 0 Å². The van der Waals surface area contributed by atoms with Gasteiger partial charge in [0.15, 0.2) is 0 Å². The van der Waals surface area contributed by atoms with E-state index in [1.54, 1.807) is 6.20 Å². The Balaban J connectivity index is 2.29. The molecule has 2 unspecified atom stereocenters. The van der Waals surface area contributed by atoms with Gasteiger partial charge in [-0.15, -0.1) is 10.2 Å². The zero-order valence-electron chi connectivity index (χ0n) is 11.0. The van der Waals surface area contributed by atoms with E-state index < -0.39 is 0 Å². The summed E-state index contributed by atoms with van der Waals surface area (Å²) in [7, 11) is 0. The summed E-state index contributed by atoms with van der Waals surface area (Å²) < 4.78 is 0. The maximum atomic E-state index is 4.34. The second-order valence-corrected chi connectivity index (χ2v) is 4.60. The fourth-order valence-corrected chi connectivity index (χ4v) is 1.69. The van der Waals surface area contributed by atoms with E-state index >= 15 is 0 Å². The van der Waals surface area contributed by atoms with Crippen molar-refractivity contribution in [3.05, 3.63) is 30.5 Å². The van der Waals surface area contributed by atoms with Gasteiger partial charge in [-0.1, -0.05) is 44.5 Å².